The highest BCUT2D eigenvalue weighted by Crippen LogP contribution is 2.20. The molecule has 0 unspecified atom stereocenters. The van der Waals surface area contributed by atoms with Gasteiger partial charge in [0.05, 0.1) is 0 Å². The molecular weight excluding hydrogens is 399 g/mol. The second-order valence-electron chi connectivity index (χ2n) is 6.30. The first-order valence-corrected chi connectivity index (χ1v) is 8.99. The number of hydrogen-bond acceptors (Lipinski definition) is 5. The summed E-state index contributed by atoms with van der Waals surface area (Å²) in [6.07, 6.45) is 0. The molecule has 0 spiro atoms. The van der Waals surface area contributed by atoms with Gasteiger partial charge in [-0.15, -0.1) is 5.10 Å². The van der Waals surface area contributed by atoms with Gasteiger partial charge in [0.1, 0.15) is 12.4 Å². The van der Waals surface area contributed by atoms with E-state index in [1.165, 1.54) is 12.1 Å². The summed E-state index contributed by atoms with van der Waals surface area (Å²) < 4.78 is 14.0. The molecule has 0 saturated heterocycles. The quantitative estimate of drug-likeness (QED) is 0.571. The van der Waals surface area contributed by atoms with Gasteiger partial charge in [0.15, 0.2) is 11.5 Å². The molecule has 0 radical (unpaired) electrons. The van der Waals surface area contributed by atoms with Gasteiger partial charge in [-0.1, -0.05) is 35.0 Å². The summed E-state index contributed by atoms with van der Waals surface area (Å²) in [5.74, 6) is -1.36. The van der Waals surface area contributed by atoms with Gasteiger partial charge in [0.25, 0.3) is 5.91 Å². The molecule has 2 amide bonds. The van der Waals surface area contributed by atoms with E-state index in [4.69, 9.17) is 17.3 Å². The Hall–Kier alpha value is -3.46. The van der Waals surface area contributed by atoms with Crippen LogP contribution in [0.1, 0.15) is 21.6 Å². The zero-order valence-corrected chi connectivity index (χ0v) is 16.2. The zero-order valence-electron chi connectivity index (χ0n) is 15.4. The monoisotopic (exact) mass is 416 g/mol. The van der Waals surface area contributed by atoms with Crippen molar-refractivity contribution in [2.45, 2.75) is 20.0 Å². The maximum Gasteiger partial charge on any atom is 0.275 e. The van der Waals surface area contributed by atoms with Crippen LogP contribution in [0.4, 0.5) is 15.9 Å². The molecule has 4 N–H and O–H groups in total. The summed E-state index contributed by atoms with van der Waals surface area (Å²) in [6.45, 7) is 1.79. The van der Waals surface area contributed by atoms with E-state index in [0.717, 1.165) is 10.2 Å². The summed E-state index contributed by atoms with van der Waals surface area (Å²) in [5, 5.41) is 13.3. The highest BCUT2D eigenvalue weighted by molar-refractivity contribution is 6.31. The first-order chi connectivity index (χ1) is 13.8. The van der Waals surface area contributed by atoms with E-state index in [-0.39, 0.29) is 30.4 Å². The number of amides is 2. The normalized spacial score (nSPS) is 10.6. The van der Waals surface area contributed by atoms with Crippen molar-refractivity contribution in [2.75, 3.05) is 11.1 Å². The Morgan fingerprint density at radius 1 is 1.21 bits per heavy atom. The van der Waals surface area contributed by atoms with Gasteiger partial charge in [0.2, 0.25) is 5.91 Å². The Labute approximate surface area is 170 Å². The van der Waals surface area contributed by atoms with E-state index in [0.29, 0.717) is 16.3 Å². The first kappa shape index (κ1) is 20.3. The summed E-state index contributed by atoms with van der Waals surface area (Å²) in [4.78, 5) is 24.5. The van der Waals surface area contributed by atoms with Crippen LogP contribution in [0.25, 0.3) is 0 Å². The zero-order chi connectivity index (χ0) is 21.0. The minimum absolute atomic E-state index is 0.0429. The third kappa shape index (κ3) is 5.08. The molecular formula is C19H18ClFN6O2. The first-order valence-electron chi connectivity index (χ1n) is 8.61. The Kier molecular flexibility index (Phi) is 6.08. The molecule has 0 saturated carbocycles. The van der Waals surface area contributed by atoms with Gasteiger partial charge >= 0.3 is 0 Å². The number of nitrogens with one attached hydrogen (secondary N) is 2. The molecule has 150 valence electrons. The lowest BCUT2D eigenvalue weighted by Crippen LogP contribution is -2.25. The predicted octanol–water partition coefficient (Wildman–Crippen LogP) is 2.53. The van der Waals surface area contributed by atoms with Crippen LogP contribution < -0.4 is 16.4 Å². The van der Waals surface area contributed by atoms with Gasteiger partial charge in [-0.3, -0.25) is 9.59 Å². The molecule has 29 heavy (non-hydrogen) atoms. The van der Waals surface area contributed by atoms with Crippen molar-refractivity contribution in [3.63, 3.8) is 0 Å². The standard InChI is InChI=1S/C19H18ClFN6O2/c1-11-2-7-14(8-15(11)20)24-16(28)10-27-18(22)17(25-26-27)19(29)23-9-12-3-5-13(21)6-4-12/h2-8H,9-10,22H2,1H3,(H,23,29)(H,24,28). The van der Waals surface area contributed by atoms with Gasteiger partial charge in [-0.2, -0.15) is 0 Å². The number of nitrogens with two attached hydrogens (primary N) is 1. The van der Waals surface area contributed by atoms with Crippen molar-refractivity contribution < 1.29 is 14.0 Å². The van der Waals surface area contributed by atoms with E-state index >= 15 is 0 Å². The predicted molar refractivity (Wildman–Crippen MR) is 107 cm³/mol. The smallest absolute Gasteiger partial charge is 0.275 e. The molecule has 10 heteroatoms. The number of halogens is 2. The molecule has 0 bridgehead atoms. The third-order valence-electron chi connectivity index (χ3n) is 4.10. The largest absolute Gasteiger partial charge is 0.382 e. The second kappa shape index (κ2) is 8.70. The molecule has 3 aromatic rings. The fourth-order valence-corrected chi connectivity index (χ4v) is 2.65. The lowest BCUT2D eigenvalue weighted by molar-refractivity contribution is -0.116. The summed E-state index contributed by atoms with van der Waals surface area (Å²) >= 11 is 6.04. The number of carbonyl (C=O) groups excluding carboxylic acids is 2. The highest BCUT2D eigenvalue weighted by atomic mass is 35.5. The van der Waals surface area contributed by atoms with Crippen molar-refractivity contribution in [1.82, 2.24) is 20.3 Å². The number of benzene rings is 2. The number of anilines is 2. The molecule has 0 fully saturated rings. The number of carbonyl (C=O) groups is 2. The average molecular weight is 417 g/mol. The van der Waals surface area contributed by atoms with Crippen molar-refractivity contribution in [3.05, 3.63) is 70.1 Å². The number of aromatic nitrogens is 3. The van der Waals surface area contributed by atoms with Gasteiger partial charge in [-0.25, -0.2) is 9.07 Å². The third-order valence-corrected chi connectivity index (χ3v) is 4.51. The lowest BCUT2D eigenvalue weighted by atomic mass is 10.2. The average Bonchev–Trinajstić information content (AvgIpc) is 3.04. The number of rotatable bonds is 6. The SMILES string of the molecule is Cc1ccc(NC(=O)Cn2nnc(C(=O)NCc3ccc(F)cc3)c2N)cc1Cl. The van der Waals surface area contributed by atoms with Crippen LogP contribution >= 0.6 is 11.6 Å². The minimum atomic E-state index is -0.552. The van der Waals surface area contributed by atoms with Crippen LogP contribution in [0.2, 0.25) is 5.02 Å². The fourth-order valence-electron chi connectivity index (χ4n) is 2.47. The molecule has 0 atom stereocenters. The molecule has 0 aliphatic heterocycles. The summed E-state index contributed by atoms with van der Waals surface area (Å²) in [7, 11) is 0. The Bertz CT molecular complexity index is 1050. The minimum Gasteiger partial charge on any atom is -0.382 e. The van der Waals surface area contributed by atoms with Crippen molar-refractivity contribution in [3.8, 4) is 0 Å². The second-order valence-corrected chi connectivity index (χ2v) is 6.71. The number of aryl methyl sites for hydroxylation is 1. The molecule has 0 aliphatic carbocycles. The number of nitrogens with zero attached hydrogens (tertiary/aromatic N) is 3. The maximum atomic E-state index is 12.9. The van der Waals surface area contributed by atoms with Crippen LogP contribution in [0.3, 0.4) is 0 Å². The van der Waals surface area contributed by atoms with E-state index in [9.17, 15) is 14.0 Å². The van der Waals surface area contributed by atoms with E-state index in [1.807, 2.05) is 6.92 Å². The van der Waals surface area contributed by atoms with Gasteiger partial charge in [0, 0.05) is 17.3 Å². The van der Waals surface area contributed by atoms with Crippen LogP contribution in [0.5, 0.6) is 0 Å². The van der Waals surface area contributed by atoms with Crippen molar-refractivity contribution in [2.24, 2.45) is 0 Å². The van der Waals surface area contributed by atoms with Crippen LogP contribution in [0, 0.1) is 12.7 Å². The van der Waals surface area contributed by atoms with Crippen LogP contribution in [-0.4, -0.2) is 26.8 Å². The Morgan fingerprint density at radius 3 is 2.62 bits per heavy atom. The Balaban J connectivity index is 1.60. The van der Waals surface area contributed by atoms with E-state index in [1.54, 1.807) is 30.3 Å². The molecule has 8 nitrogen and oxygen atoms in total. The summed E-state index contributed by atoms with van der Waals surface area (Å²) in [5.41, 5.74) is 7.94. The summed E-state index contributed by atoms with van der Waals surface area (Å²) in [6, 6.07) is 10.8. The highest BCUT2D eigenvalue weighted by Gasteiger charge is 2.19. The van der Waals surface area contributed by atoms with Crippen LogP contribution in [0.15, 0.2) is 42.5 Å². The van der Waals surface area contributed by atoms with Gasteiger partial charge < -0.3 is 16.4 Å². The molecule has 3 rings (SSSR count). The van der Waals surface area contributed by atoms with Crippen molar-refractivity contribution in [1.29, 1.82) is 0 Å². The van der Waals surface area contributed by atoms with E-state index < -0.39 is 11.8 Å². The van der Waals surface area contributed by atoms with Crippen molar-refractivity contribution >= 4 is 34.9 Å². The Morgan fingerprint density at radius 2 is 1.93 bits per heavy atom. The number of hydrogen-bond donors (Lipinski definition) is 3. The maximum absolute atomic E-state index is 12.9. The fraction of sp³-hybridized carbons (Fsp3) is 0.158. The topological polar surface area (TPSA) is 115 Å². The lowest BCUT2D eigenvalue weighted by Gasteiger charge is -2.08. The molecule has 0 aliphatic rings. The molecule has 1 aromatic heterocycles. The molecule has 1 heterocycles. The number of nitrogen functional groups attached to an aromatic ring is 1. The van der Waals surface area contributed by atoms with Gasteiger partial charge in [-0.05, 0) is 42.3 Å². The van der Waals surface area contributed by atoms with Crippen LogP contribution in [-0.2, 0) is 17.9 Å². The van der Waals surface area contributed by atoms with E-state index in [2.05, 4.69) is 20.9 Å². The molecule has 2 aromatic carbocycles.